The zero-order chi connectivity index (χ0) is 16.2. The highest BCUT2D eigenvalue weighted by Crippen LogP contribution is 2.27. The molecule has 0 radical (unpaired) electrons. The van der Waals surface area contributed by atoms with Crippen LogP contribution in [0.1, 0.15) is 5.56 Å². The van der Waals surface area contributed by atoms with Gasteiger partial charge >= 0.3 is 6.18 Å². The van der Waals surface area contributed by atoms with Gasteiger partial charge < -0.3 is 15.8 Å². The SMILES string of the molecule is Nc1ccc(CI)cc1Nc1ccc(OCC(F)(F)F)cc1. The number of halogens is 4. The first kappa shape index (κ1) is 16.7. The van der Waals surface area contributed by atoms with Crippen LogP contribution in [-0.2, 0) is 4.43 Å². The van der Waals surface area contributed by atoms with Crippen LogP contribution in [0.4, 0.5) is 30.2 Å². The Morgan fingerprint density at radius 3 is 2.36 bits per heavy atom. The first-order valence-electron chi connectivity index (χ1n) is 6.38. The zero-order valence-electron chi connectivity index (χ0n) is 11.5. The zero-order valence-corrected chi connectivity index (χ0v) is 13.6. The van der Waals surface area contributed by atoms with Crippen molar-refractivity contribution in [2.24, 2.45) is 0 Å². The Kier molecular flexibility index (Phi) is 5.38. The van der Waals surface area contributed by atoms with Crippen molar-refractivity contribution in [1.29, 1.82) is 0 Å². The van der Waals surface area contributed by atoms with E-state index in [1.807, 2.05) is 18.2 Å². The van der Waals surface area contributed by atoms with Crippen LogP contribution in [0.3, 0.4) is 0 Å². The molecule has 0 fully saturated rings. The maximum absolute atomic E-state index is 12.1. The van der Waals surface area contributed by atoms with Crippen molar-refractivity contribution in [3.8, 4) is 5.75 Å². The summed E-state index contributed by atoms with van der Waals surface area (Å²) in [5.41, 5.74) is 9.11. The molecule has 0 amide bonds. The molecule has 2 aromatic rings. The highest BCUT2D eigenvalue weighted by molar-refractivity contribution is 14.1. The molecule has 0 heterocycles. The summed E-state index contributed by atoms with van der Waals surface area (Å²) >= 11 is 2.26. The Morgan fingerprint density at radius 2 is 1.77 bits per heavy atom. The van der Waals surface area contributed by atoms with Crippen LogP contribution in [0.5, 0.6) is 5.75 Å². The number of benzene rings is 2. The molecule has 0 aliphatic heterocycles. The second-order valence-corrected chi connectivity index (χ2v) is 5.37. The molecular weight excluding hydrogens is 408 g/mol. The van der Waals surface area contributed by atoms with Gasteiger partial charge in [0.15, 0.2) is 6.61 Å². The smallest absolute Gasteiger partial charge is 0.422 e. The molecule has 7 heteroatoms. The lowest BCUT2D eigenvalue weighted by atomic mass is 10.2. The molecule has 0 aromatic heterocycles. The second kappa shape index (κ2) is 7.08. The van der Waals surface area contributed by atoms with Crippen LogP contribution >= 0.6 is 22.6 Å². The van der Waals surface area contributed by atoms with Crippen molar-refractivity contribution in [2.45, 2.75) is 10.6 Å². The highest BCUT2D eigenvalue weighted by Gasteiger charge is 2.28. The van der Waals surface area contributed by atoms with E-state index in [-0.39, 0.29) is 5.75 Å². The summed E-state index contributed by atoms with van der Waals surface area (Å²) in [7, 11) is 0. The summed E-state index contributed by atoms with van der Waals surface area (Å²) in [5.74, 6) is 0.164. The average Bonchev–Trinajstić information content (AvgIpc) is 2.48. The molecule has 0 aliphatic rings. The number of anilines is 3. The highest BCUT2D eigenvalue weighted by atomic mass is 127. The maximum Gasteiger partial charge on any atom is 0.422 e. The van der Waals surface area contributed by atoms with Crippen LogP contribution in [0.15, 0.2) is 42.5 Å². The molecule has 0 saturated heterocycles. The summed E-state index contributed by atoms with van der Waals surface area (Å²) in [5, 5.41) is 3.14. The van der Waals surface area contributed by atoms with Crippen LogP contribution in [0.2, 0.25) is 0 Å². The van der Waals surface area contributed by atoms with Crippen LogP contribution in [0, 0.1) is 0 Å². The first-order valence-corrected chi connectivity index (χ1v) is 7.91. The molecule has 0 atom stereocenters. The lowest BCUT2D eigenvalue weighted by molar-refractivity contribution is -0.153. The summed E-state index contributed by atoms with van der Waals surface area (Å²) in [6.45, 7) is -1.30. The maximum atomic E-state index is 12.1. The Morgan fingerprint density at radius 1 is 1.09 bits per heavy atom. The number of ether oxygens (including phenoxy) is 1. The normalized spacial score (nSPS) is 11.3. The van der Waals surface area contributed by atoms with Gasteiger partial charge in [0.2, 0.25) is 0 Å². The van der Waals surface area contributed by atoms with Crippen LogP contribution < -0.4 is 15.8 Å². The average molecular weight is 422 g/mol. The van der Waals surface area contributed by atoms with Gasteiger partial charge in [-0.2, -0.15) is 13.2 Å². The van der Waals surface area contributed by atoms with E-state index < -0.39 is 12.8 Å². The van der Waals surface area contributed by atoms with E-state index in [0.29, 0.717) is 5.69 Å². The minimum atomic E-state index is -4.34. The summed E-state index contributed by atoms with van der Waals surface area (Å²) < 4.78 is 41.7. The largest absolute Gasteiger partial charge is 0.484 e. The summed E-state index contributed by atoms with van der Waals surface area (Å²) in [6.07, 6.45) is -4.34. The molecule has 3 N–H and O–H groups in total. The molecule has 0 bridgehead atoms. The molecule has 118 valence electrons. The van der Waals surface area contributed by atoms with Crippen molar-refractivity contribution in [3.05, 3.63) is 48.0 Å². The van der Waals surface area contributed by atoms with Gasteiger partial charge in [0.25, 0.3) is 0 Å². The van der Waals surface area contributed by atoms with E-state index in [2.05, 4.69) is 32.6 Å². The predicted octanol–water partition coefficient (Wildman–Crippen LogP) is 4.89. The summed E-state index contributed by atoms with van der Waals surface area (Å²) in [6, 6.07) is 11.9. The quantitative estimate of drug-likeness (QED) is 0.410. The molecule has 2 rings (SSSR count). The van der Waals surface area contributed by atoms with Crippen molar-refractivity contribution >= 4 is 39.7 Å². The predicted molar refractivity (Wildman–Crippen MR) is 89.9 cm³/mol. The van der Waals surface area contributed by atoms with E-state index >= 15 is 0 Å². The molecule has 0 spiro atoms. The Bertz CT molecular complexity index is 630. The fourth-order valence-corrected chi connectivity index (χ4v) is 2.22. The van der Waals surface area contributed by atoms with Gasteiger partial charge in [0, 0.05) is 10.1 Å². The van der Waals surface area contributed by atoms with Gasteiger partial charge in [-0.25, -0.2) is 0 Å². The van der Waals surface area contributed by atoms with Crippen LogP contribution in [0.25, 0.3) is 0 Å². The van der Waals surface area contributed by atoms with E-state index in [0.717, 1.165) is 21.4 Å². The number of alkyl halides is 4. The fraction of sp³-hybridized carbons (Fsp3) is 0.200. The van der Waals surface area contributed by atoms with E-state index in [9.17, 15) is 13.2 Å². The molecule has 2 aromatic carbocycles. The molecule has 0 unspecified atom stereocenters. The van der Waals surface area contributed by atoms with Crippen molar-refractivity contribution in [3.63, 3.8) is 0 Å². The minimum Gasteiger partial charge on any atom is -0.484 e. The third kappa shape index (κ3) is 4.97. The van der Waals surface area contributed by atoms with Gasteiger partial charge in [0.05, 0.1) is 11.4 Å². The Labute approximate surface area is 139 Å². The lowest BCUT2D eigenvalue weighted by Gasteiger charge is -2.12. The Balaban J connectivity index is 2.05. The third-order valence-corrected chi connectivity index (χ3v) is 3.69. The minimum absolute atomic E-state index is 0.164. The first-order chi connectivity index (χ1) is 10.4. The second-order valence-electron chi connectivity index (χ2n) is 4.61. The fourth-order valence-electron chi connectivity index (χ4n) is 1.75. The van der Waals surface area contributed by atoms with E-state index in [4.69, 9.17) is 5.73 Å². The molecule has 0 aliphatic carbocycles. The van der Waals surface area contributed by atoms with Gasteiger partial charge in [-0.3, -0.25) is 0 Å². The van der Waals surface area contributed by atoms with Gasteiger partial charge in [0.1, 0.15) is 5.75 Å². The topological polar surface area (TPSA) is 47.3 Å². The van der Waals surface area contributed by atoms with Crippen molar-refractivity contribution in [2.75, 3.05) is 17.7 Å². The molecular formula is C15H14F3IN2O. The van der Waals surface area contributed by atoms with Gasteiger partial charge in [-0.05, 0) is 42.0 Å². The molecule has 3 nitrogen and oxygen atoms in total. The third-order valence-electron chi connectivity index (χ3n) is 2.81. The molecule has 22 heavy (non-hydrogen) atoms. The number of nitrogens with two attached hydrogens (primary N) is 1. The Hall–Kier alpha value is -1.64. The number of rotatable bonds is 5. The van der Waals surface area contributed by atoms with Crippen LogP contribution in [-0.4, -0.2) is 12.8 Å². The van der Waals surface area contributed by atoms with E-state index in [1.165, 1.54) is 12.1 Å². The van der Waals surface area contributed by atoms with Crippen molar-refractivity contribution in [1.82, 2.24) is 0 Å². The number of nitrogens with one attached hydrogen (secondary N) is 1. The monoisotopic (exact) mass is 422 g/mol. The standard InChI is InChI=1S/C15H14F3IN2O/c16-15(17,18)9-22-12-4-2-11(3-5-12)21-14-7-10(8-19)1-6-13(14)20/h1-7,21H,8-9,20H2. The number of nitrogen functional groups attached to an aromatic ring is 1. The summed E-state index contributed by atoms with van der Waals surface area (Å²) in [4.78, 5) is 0. The van der Waals surface area contributed by atoms with Crippen molar-refractivity contribution < 1.29 is 17.9 Å². The van der Waals surface area contributed by atoms with E-state index in [1.54, 1.807) is 12.1 Å². The van der Waals surface area contributed by atoms with Gasteiger partial charge in [-0.1, -0.05) is 28.7 Å². The lowest BCUT2D eigenvalue weighted by Crippen LogP contribution is -2.19. The number of hydrogen-bond donors (Lipinski definition) is 2. The van der Waals surface area contributed by atoms with Gasteiger partial charge in [-0.15, -0.1) is 0 Å². The molecule has 0 saturated carbocycles. The number of hydrogen-bond acceptors (Lipinski definition) is 3.